The van der Waals surface area contributed by atoms with E-state index in [1.165, 1.54) is 17.8 Å². The van der Waals surface area contributed by atoms with Crippen molar-refractivity contribution in [3.63, 3.8) is 0 Å². The summed E-state index contributed by atoms with van der Waals surface area (Å²) >= 11 is 0. The van der Waals surface area contributed by atoms with E-state index in [0.29, 0.717) is 0 Å². The largest absolute Gasteiger partial charge is 0.744 e. The minimum absolute atomic E-state index is 0.130. The van der Waals surface area contributed by atoms with Crippen molar-refractivity contribution in [2.45, 2.75) is 57.8 Å². The summed E-state index contributed by atoms with van der Waals surface area (Å²) in [7, 11) is -4.27. The number of rotatable bonds is 5. The number of fused-ring (bicyclic) bond motifs is 1. The molecule has 0 bridgehead atoms. The molecule has 0 aromatic heterocycles. The molecule has 0 saturated heterocycles. The van der Waals surface area contributed by atoms with Crippen molar-refractivity contribution in [2.75, 3.05) is 6.54 Å². The number of aryl methyl sites for hydroxylation is 1. The number of benzene rings is 2. The fourth-order valence-electron chi connectivity index (χ4n) is 3.40. The van der Waals surface area contributed by atoms with Crippen LogP contribution in [0.2, 0.25) is 0 Å². The van der Waals surface area contributed by atoms with Gasteiger partial charge in [-0.2, -0.15) is 4.58 Å². The van der Waals surface area contributed by atoms with E-state index in [1.54, 1.807) is 24.3 Å². The van der Waals surface area contributed by atoms with Crippen molar-refractivity contribution in [1.29, 1.82) is 0 Å². The Balaban J connectivity index is 0.000000248. The molecule has 1 aliphatic heterocycles. The SMILES string of the molecule is CCCC[N+]1=C(C)C(C)(C)c2cc([N+](=O)[O-])ccc21.Cc1ccc(S(=O)(=O)[O-])cc1. The number of nitro benzene ring substituents is 1. The molecule has 0 N–H and O–H groups in total. The zero-order chi connectivity index (χ0) is 22.7. The minimum Gasteiger partial charge on any atom is -0.744 e. The van der Waals surface area contributed by atoms with Crippen molar-refractivity contribution < 1.29 is 22.5 Å². The first-order valence-electron chi connectivity index (χ1n) is 9.82. The van der Waals surface area contributed by atoms with Crippen molar-refractivity contribution in [3.05, 3.63) is 63.7 Å². The van der Waals surface area contributed by atoms with Gasteiger partial charge >= 0.3 is 0 Å². The van der Waals surface area contributed by atoms with Crippen molar-refractivity contribution in [2.24, 2.45) is 0 Å². The first-order chi connectivity index (χ1) is 13.9. The molecule has 7 nitrogen and oxygen atoms in total. The lowest BCUT2D eigenvalue weighted by molar-refractivity contribution is -0.439. The summed E-state index contributed by atoms with van der Waals surface area (Å²) in [5, 5.41) is 10.9. The van der Waals surface area contributed by atoms with E-state index in [1.807, 2.05) is 13.0 Å². The predicted molar refractivity (Wildman–Crippen MR) is 116 cm³/mol. The number of hydrogen-bond donors (Lipinski definition) is 0. The predicted octanol–water partition coefficient (Wildman–Crippen LogP) is 4.69. The number of unbranched alkanes of at least 4 members (excludes halogenated alkanes) is 1. The first-order valence-corrected chi connectivity index (χ1v) is 11.2. The van der Waals surface area contributed by atoms with Gasteiger partial charge in [-0.1, -0.05) is 31.0 Å². The molecule has 0 saturated carbocycles. The topological polar surface area (TPSA) is 103 Å². The molecule has 162 valence electrons. The second-order valence-electron chi connectivity index (χ2n) is 7.94. The van der Waals surface area contributed by atoms with Crippen LogP contribution in [0.5, 0.6) is 0 Å². The molecule has 30 heavy (non-hydrogen) atoms. The number of hydrogen-bond acceptors (Lipinski definition) is 5. The number of non-ortho nitro benzene ring substituents is 1. The summed E-state index contributed by atoms with van der Waals surface area (Å²) in [5.41, 5.74) is 4.44. The zero-order valence-corrected chi connectivity index (χ0v) is 18.8. The summed E-state index contributed by atoms with van der Waals surface area (Å²) < 4.78 is 33.5. The Hall–Kier alpha value is -2.58. The Morgan fingerprint density at radius 3 is 2.17 bits per heavy atom. The lowest BCUT2D eigenvalue weighted by Gasteiger charge is -2.14. The summed E-state index contributed by atoms with van der Waals surface area (Å²) in [6, 6.07) is 11.0. The van der Waals surface area contributed by atoms with Crippen molar-refractivity contribution in [3.8, 4) is 0 Å². The van der Waals surface area contributed by atoms with E-state index in [9.17, 15) is 23.1 Å². The molecule has 0 aliphatic carbocycles. The summed E-state index contributed by atoms with van der Waals surface area (Å²) in [5.74, 6) is 0. The van der Waals surface area contributed by atoms with Gasteiger partial charge < -0.3 is 4.55 Å². The zero-order valence-electron chi connectivity index (χ0n) is 18.0. The maximum absolute atomic E-state index is 10.9. The van der Waals surface area contributed by atoms with Gasteiger partial charge in [0.05, 0.1) is 15.2 Å². The average molecular weight is 433 g/mol. The van der Waals surface area contributed by atoms with Gasteiger partial charge in [-0.25, -0.2) is 8.42 Å². The Morgan fingerprint density at radius 2 is 1.67 bits per heavy atom. The quantitative estimate of drug-likeness (QED) is 0.295. The molecule has 0 fully saturated rings. The van der Waals surface area contributed by atoms with Crippen LogP contribution < -0.4 is 0 Å². The standard InChI is InChI=1S/C15H21N2O2.C7H8O3S/c1-5-6-9-16-11(2)15(3,4)13-10-12(17(18)19)7-8-14(13)16;1-6-2-4-7(5-3-6)11(8,9)10/h7-8,10H,5-6,9H2,1-4H3;2-5H,1H3,(H,8,9,10)/q+1;/p-1. The van der Waals surface area contributed by atoms with Crippen LogP contribution in [-0.4, -0.2) is 34.7 Å². The number of nitrogens with zero attached hydrogens (tertiary/aromatic N) is 2. The van der Waals surface area contributed by atoms with Gasteiger partial charge in [0.15, 0.2) is 5.71 Å². The van der Waals surface area contributed by atoms with E-state index in [4.69, 9.17) is 0 Å². The first kappa shape index (κ1) is 23.7. The number of nitro groups is 1. The molecular formula is C22H28N2O5S. The molecule has 3 rings (SSSR count). The highest BCUT2D eigenvalue weighted by Gasteiger charge is 2.43. The second-order valence-corrected chi connectivity index (χ2v) is 9.32. The van der Waals surface area contributed by atoms with E-state index < -0.39 is 10.1 Å². The van der Waals surface area contributed by atoms with E-state index in [0.717, 1.165) is 36.2 Å². The Bertz CT molecular complexity index is 1070. The van der Waals surface area contributed by atoms with E-state index >= 15 is 0 Å². The fourth-order valence-corrected chi connectivity index (χ4v) is 3.87. The van der Waals surface area contributed by atoms with Gasteiger partial charge in [0, 0.05) is 37.1 Å². The summed E-state index contributed by atoms with van der Waals surface area (Å²) in [6.45, 7) is 11.4. The van der Waals surface area contributed by atoms with Crippen LogP contribution in [0, 0.1) is 17.0 Å². The van der Waals surface area contributed by atoms with Crippen LogP contribution in [0.25, 0.3) is 0 Å². The van der Waals surface area contributed by atoms with Gasteiger partial charge in [0.2, 0.25) is 5.69 Å². The molecule has 8 heteroatoms. The Kier molecular flexibility index (Phi) is 7.15. The normalized spacial score (nSPS) is 14.7. The lowest BCUT2D eigenvalue weighted by atomic mass is 9.82. The molecule has 0 radical (unpaired) electrons. The molecule has 0 spiro atoms. The van der Waals surface area contributed by atoms with Gasteiger partial charge in [-0.3, -0.25) is 10.1 Å². The maximum Gasteiger partial charge on any atom is 0.270 e. The van der Waals surface area contributed by atoms with Crippen LogP contribution in [0.1, 0.15) is 51.7 Å². The van der Waals surface area contributed by atoms with Crippen LogP contribution in [0.4, 0.5) is 11.4 Å². The fraction of sp³-hybridized carbons (Fsp3) is 0.409. The van der Waals surface area contributed by atoms with Crippen LogP contribution in [0.15, 0.2) is 47.4 Å². The Labute approximate surface area is 178 Å². The summed E-state index contributed by atoms with van der Waals surface area (Å²) in [4.78, 5) is 10.4. The second kappa shape index (κ2) is 9.06. The van der Waals surface area contributed by atoms with Crippen LogP contribution in [0.3, 0.4) is 0 Å². The maximum atomic E-state index is 10.9. The van der Waals surface area contributed by atoms with E-state index in [2.05, 4.69) is 32.3 Å². The van der Waals surface area contributed by atoms with Crippen LogP contribution in [-0.2, 0) is 15.5 Å². The molecule has 1 heterocycles. The lowest BCUT2D eigenvalue weighted by Crippen LogP contribution is -2.26. The highest BCUT2D eigenvalue weighted by atomic mass is 32.2. The molecule has 1 aliphatic rings. The average Bonchev–Trinajstić information content (AvgIpc) is 2.86. The van der Waals surface area contributed by atoms with Crippen molar-refractivity contribution in [1.82, 2.24) is 0 Å². The third-order valence-corrected chi connectivity index (χ3v) is 6.36. The third-order valence-electron chi connectivity index (χ3n) is 5.51. The highest BCUT2D eigenvalue weighted by Crippen LogP contribution is 2.41. The Morgan fingerprint density at radius 1 is 1.07 bits per heavy atom. The van der Waals surface area contributed by atoms with Gasteiger partial charge in [0.25, 0.3) is 5.69 Å². The van der Waals surface area contributed by atoms with E-state index in [-0.39, 0.29) is 20.9 Å². The summed E-state index contributed by atoms with van der Waals surface area (Å²) in [6.07, 6.45) is 2.27. The van der Waals surface area contributed by atoms with Crippen molar-refractivity contribution >= 4 is 27.2 Å². The molecule has 0 unspecified atom stereocenters. The van der Waals surface area contributed by atoms with Gasteiger partial charge in [-0.15, -0.1) is 0 Å². The smallest absolute Gasteiger partial charge is 0.270 e. The third kappa shape index (κ3) is 5.12. The van der Waals surface area contributed by atoms with Gasteiger partial charge in [0.1, 0.15) is 16.7 Å². The van der Waals surface area contributed by atoms with Crippen LogP contribution >= 0.6 is 0 Å². The molecular weight excluding hydrogens is 404 g/mol. The van der Waals surface area contributed by atoms with Gasteiger partial charge in [-0.05, 0) is 32.9 Å². The highest BCUT2D eigenvalue weighted by molar-refractivity contribution is 7.85. The monoisotopic (exact) mass is 432 g/mol. The molecule has 2 aromatic carbocycles. The minimum atomic E-state index is -4.27. The molecule has 0 atom stereocenters. The molecule has 2 aromatic rings. The molecule has 0 amide bonds.